The third kappa shape index (κ3) is 2.34. The molecule has 1 N–H and O–H groups in total. The van der Waals surface area contributed by atoms with Crippen molar-refractivity contribution in [2.45, 2.75) is 13.8 Å². The minimum atomic E-state index is -0.409. The Bertz CT molecular complexity index is 374. The molecular weight excluding hydrogens is 162 g/mol. The van der Waals surface area contributed by atoms with Gasteiger partial charge in [0.1, 0.15) is 0 Å². The van der Waals surface area contributed by atoms with Crippen LogP contribution in [0, 0.1) is 26.2 Å². The number of terminal acetylenes is 1. The second-order valence-corrected chi connectivity index (χ2v) is 2.92. The number of amides is 1. The maximum atomic E-state index is 10.9. The molecule has 13 heavy (non-hydrogen) atoms. The molecule has 0 aromatic heterocycles. The average Bonchev–Trinajstić information content (AvgIpc) is 2.11. The van der Waals surface area contributed by atoms with E-state index in [1.54, 1.807) is 0 Å². The van der Waals surface area contributed by atoms with Gasteiger partial charge in [-0.1, -0.05) is 12.1 Å². The predicted molar refractivity (Wildman–Crippen MR) is 53.4 cm³/mol. The van der Waals surface area contributed by atoms with Gasteiger partial charge in [-0.2, -0.15) is 0 Å². The quantitative estimate of drug-likeness (QED) is 0.645. The molecule has 1 amide bonds. The number of benzene rings is 1. The van der Waals surface area contributed by atoms with E-state index in [-0.39, 0.29) is 0 Å². The molecule has 0 saturated carbocycles. The second-order valence-electron chi connectivity index (χ2n) is 2.92. The third-order valence-corrected chi connectivity index (χ3v) is 1.77. The molecule has 2 nitrogen and oxygen atoms in total. The fraction of sp³-hybridized carbons (Fsp3) is 0.182. The molecular formula is C11H11NO. The van der Waals surface area contributed by atoms with Crippen LogP contribution in [0.15, 0.2) is 18.2 Å². The van der Waals surface area contributed by atoms with Gasteiger partial charge >= 0.3 is 0 Å². The van der Waals surface area contributed by atoms with Gasteiger partial charge in [-0.3, -0.25) is 4.79 Å². The summed E-state index contributed by atoms with van der Waals surface area (Å²) in [6.45, 7) is 3.89. The maximum Gasteiger partial charge on any atom is 0.300 e. The molecule has 1 aromatic carbocycles. The van der Waals surface area contributed by atoms with Gasteiger partial charge in [-0.05, 0) is 37.0 Å². The van der Waals surface area contributed by atoms with E-state index >= 15 is 0 Å². The lowest BCUT2D eigenvalue weighted by molar-refractivity contribution is -0.111. The zero-order valence-corrected chi connectivity index (χ0v) is 7.72. The summed E-state index contributed by atoms with van der Waals surface area (Å²) in [6, 6.07) is 5.83. The van der Waals surface area contributed by atoms with Gasteiger partial charge in [-0.15, -0.1) is 6.42 Å². The molecule has 0 unspecified atom stereocenters. The first-order valence-electron chi connectivity index (χ1n) is 3.98. The lowest BCUT2D eigenvalue weighted by Gasteiger charge is -2.05. The summed E-state index contributed by atoms with van der Waals surface area (Å²) in [5.74, 6) is 1.60. The van der Waals surface area contributed by atoms with E-state index in [9.17, 15) is 4.79 Å². The minimum Gasteiger partial charge on any atom is -0.315 e. The molecule has 0 radical (unpaired) electrons. The van der Waals surface area contributed by atoms with Crippen LogP contribution in [0.1, 0.15) is 11.1 Å². The smallest absolute Gasteiger partial charge is 0.300 e. The molecule has 0 spiro atoms. The third-order valence-electron chi connectivity index (χ3n) is 1.77. The van der Waals surface area contributed by atoms with E-state index in [1.807, 2.05) is 38.0 Å². The molecule has 0 saturated heterocycles. The zero-order chi connectivity index (χ0) is 9.84. The van der Waals surface area contributed by atoms with Crippen LogP contribution in [-0.2, 0) is 4.79 Å². The minimum absolute atomic E-state index is 0.409. The Morgan fingerprint density at radius 1 is 1.46 bits per heavy atom. The summed E-state index contributed by atoms with van der Waals surface area (Å²) < 4.78 is 0. The molecule has 1 rings (SSSR count). The van der Waals surface area contributed by atoms with E-state index in [2.05, 4.69) is 5.32 Å². The molecule has 0 aliphatic heterocycles. The highest BCUT2D eigenvalue weighted by molar-refractivity contribution is 6.03. The Kier molecular flexibility index (Phi) is 2.71. The normalized spacial score (nSPS) is 9.00. The Morgan fingerprint density at radius 2 is 2.15 bits per heavy atom. The van der Waals surface area contributed by atoms with Crippen LogP contribution in [0.5, 0.6) is 0 Å². The lowest BCUT2D eigenvalue weighted by atomic mass is 10.1. The highest BCUT2D eigenvalue weighted by atomic mass is 16.1. The summed E-state index contributed by atoms with van der Waals surface area (Å²) in [7, 11) is 0. The van der Waals surface area contributed by atoms with Crippen LogP contribution >= 0.6 is 0 Å². The number of hydrogen-bond acceptors (Lipinski definition) is 1. The Hall–Kier alpha value is -1.75. The van der Waals surface area contributed by atoms with Crippen LogP contribution in [0.25, 0.3) is 0 Å². The summed E-state index contributed by atoms with van der Waals surface area (Å²) >= 11 is 0. The monoisotopic (exact) mass is 173 g/mol. The van der Waals surface area contributed by atoms with Gasteiger partial charge < -0.3 is 5.32 Å². The van der Waals surface area contributed by atoms with Gasteiger partial charge in [0.15, 0.2) is 0 Å². The van der Waals surface area contributed by atoms with Crippen molar-refractivity contribution in [3.05, 3.63) is 29.3 Å². The van der Waals surface area contributed by atoms with E-state index < -0.39 is 5.91 Å². The summed E-state index contributed by atoms with van der Waals surface area (Å²) in [5, 5.41) is 2.63. The van der Waals surface area contributed by atoms with Crippen molar-refractivity contribution in [1.82, 2.24) is 0 Å². The van der Waals surface area contributed by atoms with Gasteiger partial charge in [-0.25, -0.2) is 0 Å². The lowest BCUT2D eigenvalue weighted by Crippen LogP contribution is -2.09. The van der Waals surface area contributed by atoms with Crippen molar-refractivity contribution in [3.8, 4) is 12.3 Å². The molecule has 0 bridgehead atoms. The van der Waals surface area contributed by atoms with Crippen molar-refractivity contribution in [2.75, 3.05) is 5.32 Å². The second kappa shape index (κ2) is 3.77. The predicted octanol–water partition coefficient (Wildman–Crippen LogP) is 1.88. The molecule has 1 aromatic rings. The first-order chi connectivity index (χ1) is 6.13. The molecule has 0 aliphatic rings. The fourth-order valence-corrected chi connectivity index (χ4v) is 1.03. The van der Waals surface area contributed by atoms with Crippen LogP contribution < -0.4 is 5.32 Å². The molecule has 0 heterocycles. The average molecular weight is 173 g/mol. The number of aryl methyl sites for hydroxylation is 2. The Balaban J connectivity index is 2.95. The molecule has 0 aliphatic carbocycles. The number of anilines is 1. The van der Waals surface area contributed by atoms with Gasteiger partial charge in [0.25, 0.3) is 5.91 Å². The number of carbonyl (C=O) groups is 1. The molecule has 0 atom stereocenters. The topological polar surface area (TPSA) is 29.1 Å². The fourth-order valence-electron chi connectivity index (χ4n) is 1.03. The van der Waals surface area contributed by atoms with Gasteiger partial charge in [0, 0.05) is 5.69 Å². The first kappa shape index (κ1) is 9.34. The van der Waals surface area contributed by atoms with Gasteiger partial charge in [0.05, 0.1) is 0 Å². The van der Waals surface area contributed by atoms with E-state index in [4.69, 9.17) is 6.42 Å². The van der Waals surface area contributed by atoms with E-state index in [0.29, 0.717) is 0 Å². The number of rotatable bonds is 1. The largest absolute Gasteiger partial charge is 0.315 e. The number of hydrogen-bond donors (Lipinski definition) is 1. The molecule has 66 valence electrons. The van der Waals surface area contributed by atoms with Crippen LogP contribution in [0.4, 0.5) is 5.69 Å². The standard InChI is InChI=1S/C11H11NO/c1-4-11(13)12-10-7-8(2)5-6-9(10)3/h1,5-7H,2-3H3,(H,12,13). The summed E-state index contributed by atoms with van der Waals surface area (Å²) in [4.78, 5) is 10.9. The number of nitrogens with one attached hydrogen (secondary N) is 1. The maximum absolute atomic E-state index is 10.9. The summed E-state index contributed by atoms with van der Waals surface area (Å²) in [6.07, 6.45) is 4.95. The van der Waals surface area contributed by atoms with Crippen molar-refractivity contribution in [1.29, 1.82) is 0 Å². The van der Waals surface area contributed by atoms with E-state index in [0.717, 1.165) is 16.8 Å². The zero-order valence-electron chi connectivity index (χ0n) is 7.72. The molecule has 2 heteroatoms. The summed E-state index contributed by atoms with van der Waals surface area (Å²) in [5.41, 5.74) is 2.88. The van der Waals surface area contributed by atoms with Gasteiger partial charge in [0.2, 0.25) is 0 Å². The first-order valence-corrected chi connectivity index (χ1v) is 3.98. The van der Waals surface area contributed by atoms with E-state index in [1.165, 1.54) is 0 Å². The Morgan fingerprint density at radius 3 is 2.77 bits per heavy atom. The van der Waals surface area contributed by atoms with Crippen LogP contribution in [-0.4, -0.2) is 5.91 Å². The van der Waals surface area contributed by atoms with Crippen molar-refractivity contribution >= 4 is 11.6 Å². The van der Waals surface area contributed by atoms with Crippen LogP contribution in [0.2, 0.25) is 0 Å². The SMILES string of the molecule is C#CC(=O)Nc1cc(C)ccc1C. The van der Waals surface area contributed by atoms with Crippen molar-refractivity contribution in [2.24, 2.45) is 0 Å². The highest BCUT2D eigenvalue weighted by Crippen LogP contribution is 2.15. The number of carbonyl (C=O) groups excluding carboxylic acids is 1. The highest BCUT2D eigenvalue weighted by Gasteiger charge is 2.00. The Labute approximate surface area is 78.0 Å². The molecule has 0 fully saturated rings. The van der Waals surface area contributed by atoms with Crippen LogP contribution in [0.3, 0.4) is 0 Å². The van der Waals surface area contributed by atoms with Crippen molar-refractivity contribution < 1.29 is 4.79 Å². The van der Waals surface area contributed by atoms with Crippen molar-refractivity contribution in [3.63, 3.8) is 0 Å².